The molecule has 0 radical (unpaired) electrons. The topological polar surface area (TPSA) is 106 Å². The van der Waals surface area contributed by atoms with E-state index in [1.807, 2.05) is 19.9 Å². The number of rotatable bonds is 3. The Morgan fingerprint density at radius 2 is 2.08 bits per heavy atom. The Hall–Kier alpha value is -3.55. The highest BCUT2D eigenvalue weighted by Crippen LogP contribution is 2.17. The van der Waals surface area contributed by atoms with Gasteiger partial charge in [-0.25, -0.2) is 9.97 Å². The van der Waals surface area contributed by atoms with Crippen LogP contribution in [0.3, 0.4) is 0 Å². The van der Waals surface area contributed by atoms with E-state index in [4.69, 9.17) is 0 Å². The zero-order chi connectivity index (χ0) is 18.3. The molecule has 0 saturated heterocycles. The number of hydrogen-bond donors (Lipinski definition) is 2. The van der Waals surface area contributed by atoms with Crippen LogP contribution in [0, 0.1) is 13.8 Å². The summed E-state index contributed by atoms with van der Waals surface area (Å²) >= 11 is 0. The number of para-hydroxylation sites is 1. The molecule has 0 bridgehead atoms. The van der Waals surface area contributed by atoms with Gasteiger partial charge in [0.2, 0.25) is 5.91 Å². The third kappa shape index (κ3) is 2.71. The van der Waals surface area contributed by atoms with Gasteiger partial charge in [-0.2, -0.15) is 5.10 Å². The number of pyridine rings is 1. The van der Waals surface area contributed by atoms with E-state index in [1.165, 1.54) is 17.1 Å². The molecular weight excluding hydrogens is 332 g/mol. The number of carbonyl (C=O) groups is 1. The van der Waals surface area contributed by atoms with Crippen LogP contribution in [-0.2, 0) is 11.3 Å². The summed E-state index contributed by atoms with van der Waals surface area (Å²) in [6.45, 7) is 3.65. The molecule has 8 nitrogen and oxygen atoms in total. The first-order valence-electron chi connectivity index (χ1n) is 8.08. The van der Waals surface area contributed by atoms with Crippen molar-refractivity contribution in [1.82, 2.24) is 24.7 Å². The van der Waals surface area contributed by atoms with Gasteiger partial charge in [0.25, 0.3) is 5.56 Å². The van der Waals surface area contributed by atoms with Crippen molar-refractivity contribution in [2.24, 2.45) is 0 Å². The Balaban J connectivity index is 1.59. The van der Waals surface area contributed by atoms with Crippen LogP contribution in [0.1, 0.15) is 11.3 Å². The average Bonchev–Trinajstić information content (AvgIpc) is 2.99. The van der Waals surface area contributed by atoms with Gasteiger partial charge >= 0.3 is 0 Å². The number of amides is 1. The van der Waals surface area contributed by atoms with Gasteiger partial charge in [-0.1, -0.05) is 12.1 Å². The number of benzene rings is 1. The van der Waals surface area contributed by atoms with E-state index in [1.54, 1.807) is 18.2 Å². The van der Waals surface area contributed by atoms with Gasteiger partial charge < -0.3 is 5.32 Å². The molecular formula is C18H16N6O2. The van der Waals surface area contributed by atoms with Crippen molar-refractivity contribution >= 4 is 33.5 Å². The zero-order valence-corrected chi connectivity index (χ0v) is 14.3. The van der Waals surface area contributed by atoms with Gasteiger partial charge in [0.15, 0.2) is 5.65 Å². The zero-order valence-electron chi connectivity index (χ0n) is 14.3. The van der Waals surface area contributed by atoms with Gasteiger partial charge in [-0.15, -0.1) is 0 Å². The van der Waals surface area contributed by atoms with Gasteiger partial charge in [0.1, 0.15) is 6.54 Å². The Labute approximate surface area is 147 Å². The molecule has 1 aromatic carbocycles. The van der Waals surface area contributed by atoms with E-state index < -0.39 is 0 Å². The quantitative estimate of drug-likeness (QED) is 0.588. The third-order valence-corrected chi connectivity index (χ3v) is 4.25. The van der Waals surface area contributed by atoms with Crippen LogP contribution < -0.4 is 10.9 Å². The number of fused-ring (bicyclic) bond motifs is 2. The van der Waals surface area contributed by atoms with Crippen LogP contribution in [0.2, 0.25) is 0 Å². The summed E-state index contributed by atoms with van der Waals surface area (Å²) in [5.74, 6) is -0.330. The first-order chi connectivity index (χ1) is 12.5. The molecule has 0 fully saturated rings. The Kier molecular flexibility index (Phi) is 3.72. The van der Waals surface area contributed by atoms with Crippen molar-refractivity contribution in [2.75, 3.05) is 5.32 Å². The van der Waals surface area contributed by atoms with E-state index in [-0.39, 0.29) is 18.0 Å². The molecule has 0 spiro atoms. The molecule has 0 aliphatic rings. The summed E-state index contributed by atoms with van der Waals surface area (Å²) in [4.78, 5) is 33.4. The number of aromatic nitrogens is 5. The summed E-state index contributed by atoms with van der Waals surface area (Å²) in [6, 6.07) is 7.21. The smallest absolute Gasteiger partial charge is 0.261 e. The molecule has 3 aromatic heterocycles. The molecule has 26 heavy (non-hydrogen) atoms. The van der Waals surface area contributed by atoms with Crippen LogP contribution >= 0.6 is 0 Å². The largest absolute Gasteiger partial charge is 0.323 e. The second kappa shape index (κ2) is 6.07. The predicted octanol–water partition coefficient (Wildman–Crippen LogP) is 1.92. The first-order valence-corrected chi connectivity index (χ1v) is 8.08. The van der Waals surface area contributed by atoms with Crippen molar-refractivity contribution in [1.29, 1.82) is 0 Å². The lowest BCUT2D eigenvalue weighted by atomic mass is 10.1. The van der Waals surface area contributed by atoms with Crippen molar-refractivity contribution in [3.05, 3.63) is 58.4 Å². The normalized spacial score (nSPS) is 11.2. The Bertz CT molecular complexity index is 1210. The minimum atomic E-state index is -0.330. The van der Waals surface area contributed by atoms with Gasteiger partial charge in [0, 0.05) is 11.1 Å². The number of aryl methyl sites for hydroxylation is 2. The molecule has 0 aliphatic carbocycles. The van der Waals surface area contributed by atoms with E-state index in [0.717, 1.165) is 16.6 Å². The summed E-state index contributed by atoms with van der Waals surface area (Å²) in [5, 5.41) is 11.0. The Morgan fingerprint density at radius 1 is 1.23 bits per heavy atom. The monoisotopic (exact) mass is 348 g/mol. The van der Waals surface area contributed by atoms with E-state index >= 15 is 0 Å². The minimum Gasteiger partial charge on any atom is -0.323 e. The predicted molar refractivity (Wildman–Crippen MR) is 98.0 cm³/mol. The number of nitrogens with zero attached hydrogens (tertiary/aromatic N) is 4. The van der Waals surface area contributed by atoms with Gasteiger partial charge in [0.05, 0.1) is 29.1 Å². The fourth-order valence-corrected chi connectivity index (χ4v) is 2.89. The van der Waals surface area contributed by atoms with Crippen LogP contribution in [0.5, 0.6) is 0 Å². The molecule has 4 rings (SSSR count). The van der Waals surface area contributed by atoms with E-state index in [0.29, 0.717) is 22.2 Å². The second-order valence-electron chi connectivity index (χ2n) is 6.14. The molecule has 8 heteroatoms. The molecule has 1 amide bonds. The number of aromatic amines is 1. The number of anilines is 1. The molecule has 130 valence electrons. The van der Waals surface area contributed by atoms with Crippen LogP contribution in [0.4, 0.5) is 5.69 Å². The molecule has 2 N–H and O–H groups in total. The first kappa shape index (κ1) is 15.9. The maximum Gasteiger partial charge on any atom is 0.261 e. The highest BCUT2D eigenvalue weighted by Gasteiger charge is 2.11. The highest BCUT2D eigenvalue weighted by atomic mass is 16.2. The second-order valence-corrected chi connectivity index (χ2v) is 6.14. The lowest BCUT2D eigenvalue weighted by Gasteiger charge is -2.08. The number of carbonyl (C=O) groups excluding carboxylic acids is 1. The lowest BCUT2D eigenvalue weighted by Crippen LogP contribution is -2.28. The minimum absolute atomic E-state index is 0.127. The highest BCUT2D eigenvalue weighted by molar-refractivity contribution is 5.93. The molecule has 4 aromatic rings. The summed E-state index contributed by atoms with van der Waals surface area (Å²) in [5.41, 5.74) is 3.34. The van der Waals surface area contributed by atoms with E-state index in [9.17, 15) is 9.59 Å². The van der Waals surface area contributed by atoms with Crippen molar-refractivity contribution < 1.29 is 4.79 Å². The summed E-state index contributed by atoms with van der Waals surface area (Å²) in [6.07, 6.45) is 2.93. The summed E-state index contributed by atoms with van der Waals surface area (Å²) < 4.78 is 1.30. The number of hydrogen-bond acceptors (Lipinski definition) is 5. The Morgan fingerprint density at radius 3 is 2.92 bits per heavy atom. The van der Waals surface area contributed by atoms with Gasteiger partial charge in [-0.3, -0.25) is 19.3 Å². The third-order valence-electron chi connectivity index (χ3n) is 4.25. The SMILES string of the molecule is Cc1[nH]nc2ncc(NC(=O)Cn3cnc4c(C)cccc4c3=O)cc12. The van der Waals surface area contributed by atoms with Crippen LogP contribution in [0.25, 0.3) is 21.9 Å². The molecule has 3 heterocycles. The maximum atomic E-state index is 12.6. The van der Waals surface area contributed by atoms with Gasteiger partial charge in [-0.05, 0) is 31.5 Å². The number of nitrogens with one attached hydrogen (secondary N) is 2. The van der Waals surface area contributed by atoms with Crippen molar-refractivity contribution in [2.45, 2.75) is 20.4 Å². The van der Waals surface area contributed by atoms with Crippen molar-refractivity contribution in [3.63, 3.8) is 0 Å². The fourth-order valence-electron chi connectivity index (χ4n) is 2.89. The number of H-pyrrole nitrogens is 1. The van der Waals surface area contributed by atoms with Crippen molar-refractivity contribution in [3.8, 4) is 0 Å². The standard InChI is InChI=1S/C18H16N6O2/c1-10-4-3-5-13-16(10)20-9-24(18(13)26)8-15(25)21-12-6-14-11(2)22-23-17(14)19-7-12/h3-7,9H,8H2,1-2H3,(H,21,25)(H,19,22,23). The van der Waals surface area contributed by atoms with Crippen LogP contribution in [0.15, 0.2) is 41.6 Å². The van der Waals surface area contributed by atoms with Crippen LogP contribution in [-0.4, -0.2) is 30.6 Å². The lowest BCUT2D eigenvalue weighted by molar-refractivity contribution is -0.116. The average molecular weight is 348 g/mol. The summed E-state index contributed by atoms with van der Waals surface area (Å²) in [7, 11) is 0. The fraction of sp³-hybridized carbons (Fsp3) is 0.167. The molecule has 0 saturated carbocycles. The molecule has 0 atom stereocenters. The molecule has 0 unspecified atom stereocenters. The maximum absolute atomic E-state index is 12.6. The van der Waals surface area contributed by atoms with E-state index in [2.05, 4.69) is 25.5 Å². The molecule has 0 aliphatic heterocycles.